The predicted octanol–water partition coefficient (Wildman–Crippen LogP) is 2.57. The first-order valence-electron chi connectivity index (χ1n) is 7.00. The summed E-state index contributed by atoms with van der Waals surface area (Å²) in [6.45, 7) is 2.64. The van der Waals surface area contributed by atoms with Gasteiger partial charge < -0.3 is 15.2 Å². The van der Waals surface area contributed by atoms with Gasteiger partial charge in [0.1, 0.15) is 5.75 Å². The molecule has 0 saturated carbocycles. The molecule has 2 N–H and O–H groups in total. The predicted molar refractivity (Wildman–Crippen MR) is 84.1 cm³/mol. The third kappa shape index (κ3) is 3.52. The molecule has 0 spiro atoms. The molecule has 20 heavy (non-hydrogen) atoms. The van der Waals surface area contributed by atoms with Crippen LogP contribution < -0.4 is 10.5 Å². The smallest absolute Gasteiger partial charge is 0.119 e. The normalized spacial score (nSPS) is 19.0. The van der Waals surface area contributed by atoms with Crippen molar-refractivity contribution in [3.05, 3.63) is 28.2 Å². The number of methoxy groups -OCH3 is 2. The molecule has 1 atom stereocenters. The lowest BCUT2D eigenvalue weighted by Crippen LogP contribution is -2.41. The summed E-state index contributed by atoms with van der Waals surface area (Å²) in [4.78, 5) is 2.44. The van der Waals surface area contributed by atoms with Crippen LogP contribution in [0.25, 0.3) is 0 Å². The molecule has 0 aliphatic carbocycles. The van der Waals surface area contributed by atoms with Crippen molar-refractivity contribution in [3.8, 4) is 5.75 Å². The summed E-state index contributed by atoms with van der Waals surface area (Å²) in [5, 5.41) is 0. The molecule has 4 nitrogen and oxygen atoms in total. The van der Waals surface area contributed by atoms with Crippen LogP contribution in [0.3, 0.4) is 0 Å². The Hall–Kier alpha value is -0.620. The highest BCUT2D eigenvalue weighted by Gasteiger charge is 2.26. The quantitative estimate of drug-likeness (QED) is 0.893. The average Bonchev–Trinajstić information content (AvgIpc) is 2.50. The Bertz CT molecular complexity index is 434. The minimum atomic E-state index is 0.220. The minimum absolute atomic E-state index is 0.220. The van der Waals surface area contributed by atoms with E-state index in [0.717, 1.165) is 36.2 Å². The summed E-state index contributed by atoms with van der Waals surface area (Å²) >= 11 is 3.63. The van der Waals surface area contributed by atoms with Crippen LogP contribution in [0.1, 0.15) is 24.4 Å². The highest BCUT2D eigenvalue weighted by molar-refractivity contribution is 9.10. The number of hydrogen-bond acceptors (Lipinski definition) is 4. The van der Waals surface area contributed by atoms with Crippen LogP contribution in [-0.4, -0.2) is 44.9 Å². The largest absolute Gasteiger partial charge is 0.497 e. The summed E-state index contributed by atoms with van der Waals surface area (Å²) in [5.41, 5.74) is 7.23. The summed E-state index contributed by atoms with van der Waals surface area (Å²) in [6.07, 6.45) is 2.52. The van der Waals surface area contributed by atoms with Gasteiger partial charge in [0.15, 0.2) is 0 Å². The third-order valence-corrected chi connectivity index (χ3v) is 4.76. The maximum atomic E-state index is 6.03. The lowest BCUT2D eigenvalue weighted by Gasteiger charge is -2.37. The standard InChI is InChI=1S/C15H23BrN2O2/c1-19-11-5-7-18(8-6-11)15(10-17)13-9-12(20-2)3-4-14(13)16/h3-4,9,11,15H,5-8,10,17H2,1-2H3. The monoisotopic (exact) mass is 342 g/mol. The Kier molecular flexibility index (Phi) is 5.84. The van der Waals surface area contributed by atoms with E-state index in [-0.39, 0.29) is 6.04 Å². The van der Waals surface area contributed by atoms with Crippen LogP contribution >= 0.6 is 15.9 Å². The van der Waals surface area contributed by atoms with Gasteiger partial charge in [0.25, 0.3) is 0 Å². The minimum Gasteiger partial charge on any atom is -0.497 e. The molecule has 0 bridgehead atoms. The molecule has 5 heteroatoms. The van der Waals surface area contributed by atoms with Crippen molar-refractivity contribution in [2.24, 2.45) is 5.73 Å². The van der Waals surface area contributed by atoms with Gasteiger partial charge >= 0.3 is 0 Å². The van der Waals surface area contributed by atoms with Crippen LogP contribution in [0.5, 0.6) is 5.75 Å². The zero-order valence-corrected chi connectivity index (χ0v) is 13.7. The van der Waals surface area contributed by atoms with Gasteiger partial charge in [-0.25, -0.2) is 0 Å². The molecule has 1 unspecified atom stereocenters. The zero-order valence-electron chi connectivity index (χ0n) is 12.1. The first kappa shape index (κ1) is 15.8. The van der Waals surface area contributed by atoms with Crippen LogP contribution in [0.2, 0.25) is 0 Å². The van der Waals surface area contributed by atoms with E-state index >= 15 is 0 Å². The van der Waals surface area contributed by atoms with Gasteiger partial charge in [0.2, 0.25) is 0 Å². The Morgan fingerprint density at radius 2 is 2.05 bits per heavy atom. The average molecular weight is 343 g/mol. The van der Waals surface area contributed by atoms with E-state index in [9.17, 15) is 0 Å². The molecule has 1 aliphatic heterocycles. The van der Waals surface area contributed by atoms with Gasteiger partial charge in [-0.3, -0.25) is 4.90 Å². The summed E-state index contributed by atoms with van der Waals surface area (Å²) in [5.74, 6) is 0.869. The molecule has 0 aromatic heterocycles. The number of hydrogen-bond donors (Lipinski definition) is 1. The number of ether oxygens (including phenoxy) is 2. The maximum absolute atomic E-state index is 6.03. The Morgan fingerprint density at radius 3 is 2.60 bits per heavy atom. The number of likely N-dealkylation sites (tertiary alicyclic amines) is 1. The van der Waals surface area contributed by atoms with E-state index < -0.39 is 0 Å². The number of benzene rings is 1. The van der Waals surface area contributed by atoms with Crippen molar-refractivity contribution in [3.63, 3.8) is 0 Å². The van der Waals surface area contributed by atoms with Crippen molar-refractivity contribution in [2.75, 3.05) is 33.9 Å². The topological polar surface area (TPSA) is 47.7 Å². The van der Waals surface area contributed by atoms with Crippen LogP contribution in [0.4, 0.5) is 0 Å². The molecule has 1 aromatic carbocycles. The molecule has 112 valence electrons. The van der Waals surface area contributed by atoms with Crippen LogP contribution in [0, 0.1) is 0 Å². The molecule has 1 aliphatic rings. The fraction of sp³-hybridized carbons (Fsp3) is 0.600. The van der Waals surface area contributed by atoms with Gasteiger partial charge in [-0.15, -0.1) is 0 Å². The van der Waals surface area contributed by atoms with Gasteiger partial charge in [-0.2, -0.15) is 0 Å². The number of rotatable bonds is 5. The summed E-state index contributed by atoms with van der Waals surface area (Å²) in [6, 6.07) is 6.28. The van der Waals surface area contributed by atoms with Crippen molar-refractivity contribution in [1.29, 1.82) is 0 Å². The van der Waals surface area contributed by atoms with Crippen molar-refractivity contribution in [2.45, 2.75) is 25.0 Å². The first-order chi connectivity index (χ1) is 9.69. The lowest BCUT2D eigenvalue weighted by molar-refractivity contribution is 0.0279. The highest BCUT2D eigenvalue weighted by atomic mass is 79.9. The van der Waals surface area contributed by atoms with Gasteiger partial charge in [-0.1, -0.05) is 15.9 Å². The Morgan fingerprint density at radius 1 is 1.35 bits per heavy atom. The molecule has 1 heterocycles. The van der Waals surface area contributed by atoms with E-state index in [1.165, 1.54) is 5.56 Å². The van der Waals surface area contributed by atoms with E-state index in [0.29, 0.717) is 12.6 Å². The molecule has 1 aromatic rings. The molecule has 1 fully saturated rings. The Labute approximate surface area is 129 Å². The van der Waals surface area contributed by atoms with Crippen molar-refractivity contribution in [1.82, 2.24) is 4.90 Å². The summed E-state index contributed by atoms with van der Waals surface area (Å²) in [7, 11) is 3.48. The van der Waals surface area contributed by atoms with Gasteiger partial charge in [-0.05, 0) is 36.6 Å². The molecule has 0 radical (unpaired) electrons. The number of piperidine rings is 1. The van der Waals surface area contributed by atoms with Crippen molar-refractivity contribution < 1.29 is 9.47 Å². The van der Waals surface area contributed by atoms with Crippen LogP contribution in [0.15, 0.2) is 22.7 Å². The molecule has 2 rings (SSSR count). The van der Waals surface area contributed by atoms with Crippen molar-refractivity contribution >= 4 is 15.9 Å². The first-order valence-corrected chi connectivity index (χ1v) is 7.79. The lowest BCUT2D eigenvalue weighted by atomic mass is 10.0. The Balaban J connectivity index is 2.16. The molecule has 1 saturated heterocycles. The molecular weight excluding hydrogens is 320 g/mol. The van der Waals surface area contributed by atoms with Crippen LogP contribution in [-0.2, 0) is 4.74 Å². The van der Waals surface area contributed by atoms with E-state index in [1.54, 1.807) is 14.2 Å². The zero-order chi connectivity index (χ0) is 14.5. The second kappa shape index (κ2) is 7.41. The van der Waals surface area contributed by atoms with Gasteiger partial charge in [0.05, 0.1) is 13.2 Å². The summed E-state index contributed by atoms with van der Waals surface area (Å²) < 4.78 is 11.8. The highest BCUT2D eigenvalue weighted by Crippen LogP contribution is 2.32. The van der Waals surface area contributed by atoms with E-state index in [4.69, 9.17) is 15.2 Å². The fourth-order valence-electron chi connectivity index (χ4n) is 2.80. The number of halogens is 1. The maximum Gasteiger partial charge on any atom is 0.119 e. The van der Waals surface area contributed by atoms with E-state index in [2.05, 4.69) is 26.9 Å². The van der Waals surface area contributed by atoms with E-state index in [1.807, 2.05) is 12.1 Å². The second-order valence-electron chi connectivity index (χ2n) is 5.11. The second-order valence-corrected chi connectivity index (χ2v) is 5.96. The van der Waals surface area contributed by atoms with Gasteiger partial charge in [0, 0.05) is 37.3 Å². The SMILES string of the molecule is COc1ccc(Br)c(C(CN)N2CCC(OC)CC2)c1. The fourth-order valence-corrected chi connectivity index (χ4v) is 3.31. The molecule has 0 amide bonds. The number of nitrogens with zero attached hydrogens (tertiary/aromatic N) is 1. The number of nitrogens with two attached hydrogens (primary N) is 1. The molecular formula is C15H23BrN2O2. The third-order valence-electron chi connectivity index (χ3n) is 4.04.